The van der Waals surface area contributed by atoms with Gasteiger partial charge in [-0.05, 0) is 38.0 Å². The lowest BCUT2D eigenvalue weighted by Crippen LogP contribution is -2.26. The number of ether oxygens (including phenoxy) is 1. The summed E-state index contributed by atoms with van der Waals surface area (Å²) in [6, 6.07) is 5.74. The topological polar surface area (TPSA) is 62.3 Å². The molecule has 2 N–H and O–H groups in total. The molecule has 18 heavy (non-hydrogen) atoms. The Labute approximate surface area is 106 Å². The van der Waals surface area contributed by atoms with Crippen molar-refractivity contribution in [2.45, 2.75) is 20.3 Å². The summed E-state index contributed by atoms with van der Waals surface area (Å²) >= 11 is 0. The van der Waals surface area contributed by atoms with Crippen LogP contribution in [-0.4, -0.2) is 23.2 Å². The van der Waals surface area contributed by atoms with Crippen molar-refractivity contribution in [1.82, 2.24) is 4.98 Å². The second kappa shape index (κ2) is 4.37. The third-order valence-electron chi connectivity index (χ3n) is 3.18. The number of aliphatic carboxylic acids is 1. The van der Waals surface area contributed by atoms with Gasteiger partial charge in [0, 0.05) is 17.1 Å². The Morgan fingerprint density at radius 3 is 2.78 bits per heavy atom. The number of carbonyl (C=O) groups is 1. The molecule has 0 atom stereocenters. The second-order valence-corrected chi connectivity index (χ2v) is 5.06. The quantitative estimate of drug-likeness (QED) is 0.873. The maximum atomic E-state index is 11.2. The predicted octanol–water partition coefficient (Wildman–Crippen LogP) is 2.83. The second-order valence-electron chi connectivity index (χ2n) is 5.06. The van der Waals surface area contributed by atoms with Gasteiger partial charge in [-0.15, -0.1) is 0 Å². The molecule has 0 aliphatic heterocycles. The van der Waals surface area contributed by atoms with E-state index in [1.54, 1.807) is 21.0 Å². The maximum absolute atomic E-state index is 11.2. The number of hydrogen-bond donors (Lipinski definition) is 2. The van der Waals surface area contributed by atoms with E-state index in [4.69, 9.17) is 4.74 Å². The van der Waals surface area contributed by atoms with E-state index in [9.17, 15) is 9.90 Å². The van der Waals surface area contributed by atoms with Gasteiger partial charge in [-0.2, -0.15) is 0 Å². The average Bonchev–Trinajstić information content (AvgIpc) is 2.71. The zero-order valence-corrected chi connectivity index (χ0v) is 10.8. The van der Waals surface area contributed by atoms with Gasteiger partial charge in [-0.3, -0.25) is 4.79 Å². The first kappa shape index (κ1) is 12.5. The number of benzene rings is 1. The van der Waals surface area contributed by atoms with E-state index in [1.807, 2.05) is 24.4 Å². The molecule has 1 aromatic carbocycles. The van der Waals surface area contributed by atoms with Gasteiger partial charge in [0.25, 0.3) is 0 Å². The average molecular weight is 247 g/mol. The van der Waals surface area contributed by atoms with E-state index in [-0.39, 0.29) is 0 Å². The summed E-state index contributed by atoms with van der Waals surface area (Å²) in [5.41, 5.74) is 1.14. The summed E-state index contributed by atoms with van der Waals surface area (Å²) in [5, 5.41) is 10.2. The monoisotopic (exact) mass is 247 g/mol. The lowest BCUT2D eigenvalue weighted by molar-refractivity contribution is -0.146. The van der Waals surface area contributed by atoms with Crippen molar-refractivity contribution in [3.05, 3.63) is 30.0 Å². The fourth-order valence-electron chi connectivity index (χ4n) is 2.08. The van der Waals surface area contributed by atoms with Crippen LogP contribution in [0.3, 0.4) is 0 Å². The van der Waals surface area contributed by atoms with Crippen molar-refractivity contribution < 1.29 is 14.6 Å². The van der Waals surface area contributed by atoms with Crippen LogP contribution in [0, 0.1) is 5.41 Å². The number of fused-ring (bicyclic) bond motifs is 1. The van der Waals surface area contributed by atoms with E-state index in [1.165, 1.54) is 0 Å². The molecule has 0 fully saturated rings. The van der Waals surface area contributed by atoms with E-state index < -0.39 is 11.4 Å². The van der Waals surface area contributed by atoms with Crippen LogP contribution in [-0.2, 0) is 11.2 Å². The fraction of sp³-hybridized carbons (Fsp3) is 0.357. The normalized spacial score (nSPS) is 11.7. The number of carboxylic acid groups (broad SMARTS) is 1. The van der Waals surface area contributed by atoms with Crippen molar-refractivity contribution in [3.8, 4) is 5.75 Å². The molecule has 4 heteroatoms. The van der Waals surface area contributed by atoms with Crippen LogP contribution in [0.1, 0.15) is 19.4 Å². The number of rotatable bonds is 4. The van der Waals surface area contributed by atoms with Crippen molar-refractivity contribution in [1.29, 1.82) is 0 Å². The summed E-state index contributed by atoms with van der Waals surface area (Å²) < 4.78 is 5.33. The minimum Gasteiger partial charge on any atom is -0.496 e. The lowest BCUT2D eigenvalue weighted by atomic mass is 9.86. The number of carboxylic acids is 1. The van der Waals surface area contributed by atoms with E-state index in [0.29, 0.717) is 6.42 Å². The molecule has 0 unspecified atom stereocenters. The molecule has 4 nitrogen and oxygen atoms in total. The Hall–Kier alpha value is -1.97. The fourth-order valence-corrected chi connectivity index (χ4v) is 2.08. The van der Waals surface area contributed by atoms with E-state index >= 15 is 0 Å². The molecule has 0 spiro atoms. The predicted molar refractivity (Wildman–Crippen MR) is 70.0 cm³/mol. The maximum Gasteiger partial charge on any atom is 0.309 e. The van der Waals surface area contributed by atoms with Gasteiger partial charge < -0.3 is 14.8 Å². The molecule has 0 radical (unpaired) electrons. The summed E-state index contributed by atoms with van der Waals surface area (Å²) in [6.07, 6.45) is 2.32. The van der Waals surface area contributed by atoms with Crippen LogP contribution < -0.4 is 4.74 Å². The van der Waals surface area contributed by atoms with Crippen LogP contribution in [0.15, 0.2) is 24.4 Å². The smallest absolute Gasteiger partial charge is 0.309 e. The third kappa shape index (κ3) is 2.06. The van der Waals surface area contributed by atoms with Crippen LogP contribution in [0.2, 0.25) is 0 Å². The highest BCUT2D eigenvalue weighted by atomic mass is 16.5. The molecular weight excluding hydrogens is 230 g/mol. The standard InChI is InChI=1S/C14H17NO3/c1-14(2,13(16)17)7-9-8-15-10-5-4-6-11(18-3)12(9)10/h4-6,8,15H,7H2,1-3H3,(H,16,17). The van der Waals surface area contributed by atoms with Gasteiger partial charge in [-0.25, -0.2) is 0 Å². The Morgan fingerprint density at radius 2 is 2.17 bits per heavy atom. The van der Waals surface area contributed by atoms with Gasteiger partial charge in [0.2, 0.25) is 0 Å². The number of nitrogens with one attached hydrogen (secondary N) is 1. The van der Waals surface area contributed by atoms with Crippen LogP contribution >= 0.6 is 0 Å². The van der Waals surface area contributed by atoms with E-state index in [0.717, 1.165) is 22.2 Å². The molecule has 0 bridgehead atoms. The lowest BCUT2D eigenvalue weighted by Gasteiger charge is -2.18. The molecule has 1 aromatic heterocycles. The summed E-state index contributed by atoms with van der Waals surface area (Å²) in [4.78, 5) is 14.3. The van der Waals surface area contributed by atoms with Gasteiger partial charge in [-0.1, -0.05) is 6.07 Å². The van der Waals surface area contributed by atoms with Crippen LogP contribution in [0.4, 0.5) is 0 Å². The Morgan fingerprint density at radius 1 is 1.44 bits per heavy atom. The van der Waals surface area contributed by atoms with Crippen molar-refractivity contribution in [2.24, 2.45) is 5.41 Å². The highest BCUT2D eigenvalue weighted by Crippen LogP contribution is 2.32. The van der Waals surface area contributed by atoms with Gasteiger partial charge in [0.15, 0.2) is 0 Å². The minimum atomic E-state index is -0.799. The third-order valence-corrected chi connectivity index (χ3v) is 3.18. The summed E-state index contributed by atoms with van der Waals surface area (Å²) in [7, 11) is 1.62. The van der Waals surface area contributed by atoms with Crippen LogP contribution in [0.5, 0.6) is 5.75 Å². The Bertz CT molecular complexity index is 584. The molecule has 1 heterocycles. The van der Waals surface area contributed by atoms with Gasteiger partial charge >= 0.3 is 5.97 Å². The molecule has 0 amide bonds. The number of aromatic nitrogens is 1. The summed E-state index contributed by atoms with van der Waals surface area (Å²) in [6.45, 7) is 3.45. The molecule has 0 saturated heterocycles. The first-order valence-corrected chi connectivity index (χ1v) is 5.82. The largest absolute Gasteiger partial charge is 0.496 e. The molecule has 0 aliphatic carbocycles. The van der Waals surface area contributed by atoms with Gasteiger partial charge in [0.05, 0.1) is 12.5 Å². The summed E-state index contributed by atoms with van der Waals surface area (Å²) in [5.74, 6) is -0.0308. The molecule has 2 rings (SSSR count). The highest BCUT2D eigenvalue weighted by Gasteiger charge is 2.28. The molecule has 0 aliphatic rings. The first-order chi connectivity index (χ1) is 8.45. The van der Waals surface area contributed by atoms with E-state index in [2.05, 4.69) is 4.98 Å². The first-order valence-electron chi connectivity index (χ1n) is 5.82. The number of methoxy groups -OCH3 is 1. The molecular formula is C14H17NO3. The SMILES string of the molecule is COc1cccc2[nH]cc(CC(C)(C)C(=O)O)c12. The zero-order chi connectivity index (χ0) is 13.3. The van der Waals surface area contributed by atoms with Crippen LogP contribution in [0.25, 0.3) is 10.9 Å². The molecule has 2 aromatic rings. The Balaban J connectivity index is 2.49. The number of aromatic amines is 1. The number of hydrogen-bond acceptors (Lipinski definition) is 2. The molecule has 96 valence electrons. The zero-order valence-electron chi connectivity index (χ0n) is 10.8. The van der Waals surface area contributed by atoms with Crippen molar-refractivity contribution in [2.75, 3.05) is 7.11 Å². The van der Waals surface area contributed by atoms with Crippen molar-refractivity contribution >= 4 is 16.9 Å². The van der Waals surface area contributed by atoms with Crippen molar-refractivity contribution in [3.63, 3.8) is 0 Å². The Kier molecular flexibility index (Phi) is 3.03. The van der Waals surface area contributed by atoms with Gasteiger partial charge in [0.1, 0.15) is 5.75 Å². The minimum absolute atomic E-state index is 0.461. The number of H-pyrrole nitrogens is 1. The molecule has 0 saturated carbocycles. The highest BCUT2D eigenvalue weighted by molar-refractivity contribution is 5.90.